The van der Waals surface area contributed by atoms with Gasteiger partial charge in [-0.05, 0) is 42.8 Å². The second-order valence-corrected chi connectivity index (χ2v) is 4.59. The third-order valence-corrected chi connectivity index (χ3v) is 3.27. The van der Waals surface area contributed by atoms with Gasteiger partial charge in [0.2, 0.25) is 0 Å². The van der Waals surface area contributed by atoms with Crippen molar-refractivity contribution in [3.8, 4) is 0 Å². The Morgan fingerprint density at radius 2 is 2.31 bits per heavy atom. The normalized spacial score (nSPS) is 12.2. The van der Waals surface area contributed by atoms with E-state index in [4.69, 9.17) is 5.11 Å². The Bertz CT molecular complexity index is 303. The van der Waals surface area contributed by atoms with Crippen LogP contribution in [0.2, 0.25) is 0 Å². The molecule has 1 N–H and O–H groups in total. The molecule has 1 heterocycles. The van der Waals surface area contributed by atoms with E-state index in [-0.39, 0.29) is 18.8 Å². The van der Waals surface area contributed by atoms with E-state index >= 15 is 0 Å². The first-order valence-corrected chi connectivity index (χ1v) is 5.97. The fraction of sp³-hybridized carbons (Fsp3) is 0.545. The van der Waals surface area contributed by atoms with Gasteiger partial charge in [-0.25, -0.2) is 0 Å². The molecule has 3 nitrogen and oxygen atoms in total. The van der Waals surface area contributed by atoms with E-state index < -0.39 is 5.97 Å². The summed E-state index contributed by atoms with van der Waals surface area (Å²) in [4.78, 5) is 12.5. The average Bonchev–Trinajstić information content (AvgIpc) is 2.66. The van der Waals surface area contributed by atoms with Crippen molar-refractivity contribution in [3.63, 3.8) is 0 Å². The monoisotopic (exact) mass is 263 g/mol. The van der Waals surface area contributed by atoms with Crippen LogP contribution in [0.25, 0.3) is 0 Å². The Balaban J connectivity index is 0.00000225. The zero-order chi connectivity index (χ0) is 11.3. The molecule has 1 rings (SSSR count). The molecule has 0 saturated heterocycles. The molecule has 5 heteroatoms. The van der Waals surface area contributed by atoms with Gasteiger partial charge in [-0.15, -0.1) is 12.4 Å². The number of aliphatic carboxylic acids is 1. The summed E-state index contributed by atoms with van der Waals surface area (Å²) in [7, 11) is 1.97. The first-order valence-electron chi connectivity index (χ1n) is 5.02. The summed E-state index contributed by atoms with van der Waals surface area (Å²) in [6, 6.07) is 2.51. The minimum atomic E-state index is -0.732. The van der Waals surface area contributed by atoms with Gasteiger partial charge in [-0.1, -0.05) is 0 Å². The molecule has 0 spiro atoms. The van der Waals surface area contributed by atoms with Crippen LogP contribution in [-0.4, -0.2) is 35.6 Å². The number of thiophene rings is 1. The number of carbonyl (C=O) groups is 1. The maximum atomic E-state index is 10.4. The van der Waals surface area contributed by atoms with Crippen LogP contribution < -0.4 is 0 Å². The van der Waals surface area contributed by atoms with E-state index in [0.717, 1.165) is 6.42 Å². The number of hydrogen-bond donors (Lipinski definition) is 1. The van der Waals surface area contributed by atoms with Crippen molar-refractivity contribution in [2.24, 2.45) is 0 Å². The summed E-state index contributed by atoms with van der Waals surface area (Å²) < 4.78 is 0. The highest BCUT2D eigenvalue weighted by Gasteiger charge is 2.11. The predicted molar refractivity (Wildman–Crippen MR) is 69.6 cm³/mol. The van der Waals surface area contributed by atoms with Gasteiger partial charge < -0.3 is 10.0 Å². The van der Waals surface area contributed by atoms with Gasteiger partial charge in [0, 0.05) is 12.6 Å². The number of carboxylic acid groups (broad SMARTS) is 1. The first-order chi connectivity index (χ1) is 7.09. The standard InChI is InChI=1S/C11H17NO2S.ClH/c1-9(7-10-4-6-15-8-10)12(2)5-3-11(13)14;/h4,6,8-9H,3,5,7H2,1-2H3,(H,13,14);1H. The van der Waals surface area contributed by atoms with Crippen molar-refractivity contribution in [2.75, 3.05) is 13.6 Å². The largest absolute Gasteiger partial charge is 0.481 e. The quantitative estimate of drug-likeness (QED) is 0.857. The topological polar surface area (TPSA) is 40.5 Å². The molecule has 1 atom stereocenters. The highest BCUT2D eigenvalue weighted by atomic mass is 35.5. The fourth-order valence-corrected chi connectivity index (χ4v) is 2.08. The molecular formula is C11H18ClNO2S. The minimum absolute atomic E-state index is 0. The summed E-state index contributed by atoms with van der Waals surface area (Å²) in [6.07, 6.45) is 1.20. The molecule has 0 bridgehead atoms. The minimum Gasteiger partial charge on any atom is -0.481 e. The summed E-state index contributed by atoms with van der Waals surface area (Å²) in [6.45, 7) is 2.74. The SMILES string of the molecule is CC(Cc1ccsc1)N(C)CCC(=O)O.Cl. The molecule has 0 aliphatic heterocycles. The van der Waals surface area contributed by atoms with E-state index in [0.29, 0.717) is 12.6 Å². The smallest absolute Gasteiger partial charge is 0.304 e. The lowest BCUT2D eigenvalue weighted by molar-refractivity contribution is -0.137. The fourth-order valence-electron chi connectivity index (χ4n) is 1.40. The van der Waals surface area contributed by atoms with Crippen molar-refractivity contribution < 1.29 is 9.90 Å². The molecule has 1 aromatic heterocycles. The highest BCUT2D eigenvalue weighted by molar-refractivity contribution is 7.07. The Morgan fingerprint density at radius 3 is 2.81 bits per heavy atom. The van der Waals surface area contributed by atoms with E-state index in [1.54, 1.807) is 11.3 Å². The van der Waals surface area contributed by atoms with Gasteiger partial charge in [0.1, 0.15) is 0 Å². The van der Waals surface area contributed by atoms with Crippen molar-refractivity contribution in [2.45, 2.75) is 25.8 Å². The lowest BCUT2D eigenvalue weighted by Crippen LogP contribution is -2.32. The Labute approximate surface area is 106 Å². The molecule has 0 fully saturated rings. The molecule has 16 heavy (non-hydrogen) atoms. The molecule has 1 aromatic rings. The Hall–Kier alpha value is -0.580. The second kappa shape index (κ2) is 7.65. The highest BCUT2D eigenvalue weighted by Crippen LogP contribution is 2.11. The van der Waals surface area contributed by atoms with Crippen LogP contribution in [0.5, 0.6) is 0 Å². The van der Waals surface area contributed by atoms with Crippen LogP contribution in [0.15, 0.2) is 16.8 Å². The second-order valence-electron chi connectivity index (χ2n) is 3.81. The van der Waals surface area contributed by atoms with Crippen molar-refractivity contribution in [3.05, 3.63) is 22.4 Å². The zero-order valence-electron chi connectivity index (χ0n) is 9.55. The van der Waals surface area contributed by atoms with Crippen molar-refractivity contribution in [1.82, 2.24) is 4.90 Å². The van der Waals surface area contributed by atoms with Gasteiger partial charge in [0.25, 0.3) is 0 Å². The van der Waals surface area contributed by atoms with E-state index in [2.05, 4.69) is 28.7 Å². The van der Waals surface area contributed by atoms with Gasteiger partial charge >= 0.3 is 5.97 Å². The summed E-state index contributed by atoms with van der Waals surface area (Å²) in [5, 5.41) is 12.8. The summed E-state index contributed by atoms with van der Waals surface area (Å²) >= 11 is 1.70. The van der Waals surface area contributed by atoms with Crippen LogP contribution in [0.4, 0.5) is 0 Å². The van der Waals surface area contributed by atoms with Crippen LogP contribution in [0.3, 0.4) is 0 Å². The van der Waals surface area contributed by atoms with Crippen LogP contribution >= 0.6 is 23.7 Å². The van der Waals surface area contributed by atoms with Gasteiger partial charge in [0.05, 0.1) is 6.42 Å². The molecular weight excluding hydrogens is 246 g/mol. The maximum Gasteiger partial charge on any atom is 0.304 e. The summed E-state index contributed by atoms with van der Waals surface area (Å²) in [5.74, 6) is -0.732. The number of nitrogens with zero attached hydrogens (tertiary/aromatic N) is 1. The maximum absolute atomic E-state index is 10.4. The molecule has 0 aliphatic carbocycles. The molecule has 0 saturated carbocycles. The molecule has 0 aliphatic rings. The number of hydrogen-bond acceptors (Lipinski definition) is 3. The lowest BCUT2D eigenvalue weighted by Gasteiger charge is -2.23. The molecule has 0 aromatic carbocycles. The number of likely N-dealkylation sites (N-methyl/N-ethyl adjacent to an activating group) is 1. The average molecular weight is 264 g/mol. The molecule has 1 unspecified atom stereocenters. The number of rotatable bonds is 6. The van der Waals surface area contributed by atoms with Crippen molar-refractivity contribution >= 4 is 29.7 Å². The Kier molecular flexibility index (Phi) is 7.38. The number of carboxylic acids is 1. The van der Waals surface area contributed by atoms with Crippen LogP contribution in [0.1, 0.15) is 18.9 Å². The zero-order valence-corrected chi connectivity index (χ0v) is 11.2. The Morgan fingerprint density at radius 1 is 1.62 bits per heavy atom. The van der Waals surface area contributed by atoms with E-state index in [9.17, 15) is 4.79 Å². The molecule has 0 radical (unpaired) electrons. The van der Waals surface area contributed by atoms with E-state index in [1.165, 1.54) is 5.56 Å². The van der Waals surface area contributed by atoms with Crippen LogP contribution in [-0.2, 0) is 11.2 Å². The van der Waals surface area contributed by atoms with E-state index in [1.807, 2.05) is 7.05 Å². The lowest BCUT2D eigenvalue weighted by atomic mass is 10.1. The van der Waals surface area contributed by atoms with Gasteiger partial charge in [0.15, 0.2) is 0 Å². The van der Waals surface area contributed by atoms with Gasteiger partial charge in [-0.3, -0.25) is 4.79 Å². The van der Waals surface area contributed by atoms with Gasteiger partial charge in [-0.2, -0.15) is 11.3 Å². The van der Waals surface area contributed by atoms with Crippen molar-refractivity contribution in [1.29, 1.82) is 0 Å². The predicted octanol–water partition coefficient (Wildman–Crippen LogP) is 2.51. The first kappa shape index (κ1) is 15.4. The van der Waals surface area contributed by atoms with Crippen LogP contribution in [0, 0.1) is 0 Å². The molecule has 0 amide bonds. The number of halogens is 1. The summed E-state index contributed by atoms with van der Waals surface area (Å²) in [5.41, 5.74) is 1.33. The molecule has 92 valence electrons. The third-order valence-electron chi connectivity index (χ3n) is 2.54. The third kappa shape index (κ3) is 5.49.